The van der Waals surface area contributed by atoms with Gasteiger partial charge in [0, 0.05) is 10.8 Å². The molecule has 1 heterocycles. The Morgan fingerprint density at radius 2 is 2.32 bits per heavy atom. The normalized spacial score (nSPS) is 24.6. The van der Waals surface area contributed by atoms with Gasteiger partial charge in [-0.1, -0.05) is 30.7 Å². The highest BCUT2D eigenvalue weighted by atomic mass is 35.5. The van der Waals surface area contributed by atoms with Gasteiger partial charge in [-0.05, 0) is 50.1 Å². The van der Waals surface area contributed by atoms with E-state index in [9.17, 15) is 4.39 Å². The summed E-state index contributed by atoms with van der Waals surface area (Å²) in [5, 5.41) is 3.83. The Hall–Kier alpha value is -0.250. The molecule has 0 radical (unpaired) electrons. The van der Waals surface area contributed by atoms with Crippen LogP contribution in [-0.4, -0.2) is 23.1 Å². The summed E-state index contributed by atoms with van der Waals surface area (Å²) in [7, 11) is 0. The summed E-state index contributed by atoms with van der Waals surface area (Å²) in [6, 6.07) is 5.42. The monoisotopic (exact) mass is 301 g/mol. The first-order valence-electron chi connectivity index (χ1n) is 6.87. The molecule has 4 heteroatoms. The lowest BCUT2D eigenvalue weighted by atomic mass is 9.90. The first-order chi connectivity index (χ1) is 9.07. The van der Waals surface area contributed by atoms with E-state index in [4.69, 9.17) is 11.6 Å². The van der Waals surface area contributed by atoms with Gasteiger partial charge in [-0.15, -0.1) is 0 Å². The van der Waals surface area contributed by atoms with Crippen molar-refractivity contribution in [3.8, 4) is 0 Å². The van der Waals surface area contributed by atoms with Gasteiger partial charge in [0.1, 0.15) is 5.82 Å². The largest absolute Gasteiger partial charge is 0.313 e. The van der Waals surface area contributed by atoms with Crippen molar-refractivity contribution in [1.29, 1.82) is 0 Å². The van der Waals surface area contributed by atoms with Crippen LogP contribution in [0.1, 0.15) is 32.3 Å². The third kappa shape index (κ3) is 3.45. The van der Waals surface area contributed by atoms with Crippen LogP contribution in [0.5, 0.6) is 0 Å². The van der Waals surface area contributed by atoms with Crippen LogP contribution in [0, 0.1) is 5.82 Å². The molecule has 0 spiro atoms. The smallest absolute Gasteiger partial charge is 0.142 e. The molecule has 1 N–H and O–H groups in total. The lowest BCUT2D eigenvalue weighted by molar-refractivity contribution is 0.406. The van der Waals surface area contributed by atoms with Gasteiger partial charge in [-0.25, -0.2) is 4.39 Å². The van der Waals surface area contributed by atoms with Crippen molar-refractivity contribution < 1.29 is 4.39 Å². The number of likely N-dealkylation sites (N-methyl/N-ethyl adjacent to an activating group) is 1. The number of nitrogens with one attached hydrogen (secondary N) is 1. The van der Waals surface area contributed by atoms with E-state index in [0.717, 1.165) is 18.5 Å². The number of hydrogen-bond donors (Lipinski definition) is 1. The van der Waals surface area contributed by atoms with E-state index in [1.54, 1.807) is 6.07 Å². The van der Waals surface area contributed by atoms with Gasteiger partial charge in [-0.2, -0.15) is 11.8 Å². The van der Waals surface area contributed by atoms with Crippen LogP contribution < -0.4 is 5.32 Å². The molecule has 1 saturated heterocycles. The third-order valence-corrected chi connectivity index (χ3v) is 5.96. The molecular formula is C15H21ClFNS. The molecule has 1 aliphatic heterocycles. The van der Waals surface area contributed by atoms with Gasteiger partial charge in [0.05, 0.1) is 5.02 Å². The molecule has 1 nitrogen and oxygen atoms in total. The minimum Gasteiger partial charge on any atom is -0.313 e. The van der Waals surface area contributed by atoms with Gasteiger partial charge in [0.2, 0.25) is 0 Å². The Kier molecular flexibility index (Phi) is 5.15. The molecule has 0 aromatic heterocycles. The third-order valence-electron chi connectivity index (χ3n) is 3.89. The number of benzene rings is 1. The van der Waals surface area contributed by atoms with Gasteiger partial charge in [-0.3, -0.25) is 0 Å². The quantitative estimate of drug-likeness (QED) is 0.871. The summed E-state index contributed by atoms with van der Waals surface area (Å²) in [6.07, 6.45) is 3.26. The number of halogens is 2. The molecule has 0 bridgehead atoms. The summed E-state index contributed by atoms with van der Waals surface area (Å²) in [6.45, 7) is 5.35. The molecule has 2 unspecified atom stereocenters. The van der Waals surface area contributed by atoms with E-state index in [1.807, 2.05) is 17.8 Å². The second kappa shape index (κ2) is 6.47. The van der Waals surface area contributed by atoms with Crippen molar-refractivity contribution in [1.82, 2.24) is 5.32 Å². The number of thioether (sulfide) groups is 1. The second-order valence-corrected chi connectivity index (χ2v) is 7.30. The van der Waals surface area contributed by atoms with Crippen molar-refractivity contribution in [3.63, 3.8) is 0 Å². The van der Waals surface area contributed by atoms with Gasteiger partial charge in [0.25, 0.3) is 0 Å². The average Bonchev–Trinajstić information content (AvgIpc) is 2.82. The summed E-state index contributed by atoms with van der Waals surface area (Å²) < 4.78 is 13.8. The number of hydrogen-bond acceptors (Lipinski definition) is 2. The maximum Gasteiger partial charge on any atom is 0.142 e. The van der Waals surface area contributed by atoms with Crippen molar-refractivity contribution in [2.75, 3.05) is 12.3 Å². The molecule has 1 aliphatic rings. The predicted molar refractivity (Wildman–Crippen MR) is 82.7 cm³/mol. The topological polar surface area (TPSA) is 12.0 Å². The lowest BCUT2D eigenvalue weighted by Gasteiger charge is -2.34. The van der Waals surface area contributed by atoms with Crippen LogP contribution in [0.2, 0.25) is 5.02 Å². The highest BCUT2D eigenvalue weighted by molar-refractivity contribution is 8.00. The van der Waals surface area contributed by atoms with Crippen LogP contribution in [0.15, 0.2) is 18.2 Å². The van der Waals surface area contributed by atoms with Crippen molar-refractivity contribution in [2.24, 2.45) is 0 Å². The molecule has 0 saturated carbocycles. The SMILES string of the molecule is CCNC(Cc1cccc(F)c1Cl)C1(C)CCCS1. The van der Waals surface area contributed by atoms with E-state index in [1.165, 1.54) is 24.7 Å². The Labute approximate surface area is 124 Å². The zero-order valence-electron chi connectivity index (χ0n) is 11.5. The van der Waals surface area contributed by atoms with Crippen LogP contribution in [-0.2, 0) is 6.42 Å². The minimum absolute atomic E-state index is 0.228. The van der Waals surface area contributed by atoms with E-state index < -0.39 is 0 Å². The Morgan fingerprint density at radius 3 is 2.95 bits per heavy atom. The molecule has 0 amide bonds. The fourth-order valence-corrected chi connectivity index (χ4v) is 4.37. The Bertz CT molecular complexity index is 432. The lowest BCUT2D eigenvalue weighted by Crippen LogP contribution is -2.46. The summed E-state index contributed by atoms with van der Waals surface area (Å²) in [5.74, 6) is 0.897. The second-order valence-electron chi connectivity index (χ2n) is 5.29. The predicted octanol–water partition coefficient (Wildman–Crippen LogP) is 4.29. The molecule has 2 rings (SSSR count). The first-order valence-corrected chi connectivity index (χ1v) is 8.23. The van der Waals surface area contributed by atoms with Crippen LogP contribution in [0.3, 0.4) is 0 Å². The molecule has 19 heavy (non-hydrogen) atoms. The molecule has 106 valence electrons. The molecular weight excluding hydrogens is 281 g/mol. The molecule has 2 atom stereocenters. The highest BCUT2D eigenvalue weighted by Gasteiger charge is 2.37. The summed E-state index contributed by atoms with van der Waals surface area (Å²) in [5.41, 5.74) is 0.904. The van der Waals surface area contributed by atoms with Gasteiger partial charge in [0.15, 0.2) is 0 Å². The molecule has 1 aromatic rings. The first kappa shape index (κ1) is 15.1. The molecule has 1 fully saturated rings. The average molecular weight is 302 g/mol. The van der Waals surface area contributed by atoms with Crippen molar-refractivity contribution in [3.05, 3.63) is 34.6 Å². The summed E-state index contributed by atoms with van der Waals surface area (Å²) in [4.78, 5) is 0. The maximum absolute atomic E-state index is 13.5. The number of rotatable bonds is 5. The van der Waals surface area contributed by atoms with Crippen molar-refractivity contribution in [2.45, 2.75) is 43.9 Å². The van der Waals surface area contributed by atoms with Crippen LogP contribution >= 0.6 is 23.4 Å². The van der Waals surface area contributed by atoms with E-state index in [2.05, 4.69) is 19.2 Å². The zero-order valence-corrected chi connectivity index (χ0v) is 13.1. The van der Waals surface area contributed by atoms with Gasteiger partial charge < -0.3 is 5.32 Å². The van der Waals surface area contributed by atoms with Crippen LogP contribution in [0.25, 0.3) is 0 Å². The zero-order chi connectivity index (χ0) is 13.9. The van der Waals surface area contributed by atoms with Gasteiger partial charge >= 0.3 is 0 Å². The molecule has 1 aromatic carbocycles. The Balaban J connectivity index is 2.18. The Morgan fingerprint density at radius 1 is 1.53 bits per heavy atom. The standard InChI is InChI=1S/C15H21ClFNS/c1-3-18-13(15(2)8-5-9-19-15)10-11-6-4-7-12(17)14(11)16/h4,6-7,13,18H,3,5,8-10H2,1-2H3. The highest BCUT2D eigenvalue weighted by Crippen LogP contribution is 2.41. The van der Waals surface area contributed by atoms with E-state index >= 15 is 0 Å². The van der Waals surface area contributed by atoms with E-state index in [-0.39, 0.29) is 15.6 Å². The minimum atomic E-state index is -0.321. The fourth-order valence-electron chi connectivity index (χ4n) is 2.75. The summed E-state index contributed by atoms with van der Waals surface area (Å²) >= 11 is 8.10. The van der Waals surface area contributed by atoms with Crippen molar-refractivity contribution >= 4 is 23.4 Å². The molecule has 0 aliphatic carbocycles. The van der Waals surface area contributed by atoms with Crippen LogP contribution in [0.4, 0.5) is 4.39 Å². The van der Waals surface area contributed by atoms with E-state index in [0.29, 0.717) is 6.04 Å². The maximum atomic E-state index is 13.5. The fraction of sp³-hybridized carbons (Fsp3) is 0.600.